The van der Waals surface area contributed by atoms with Crippen LogP contribution in [0.4, 0.5) is 8.78 Å². The lowest BCUT2D eigenvalue weighted by atomic mass is 10.1. The molecule has 19 heavy (non-hydrogen) atoms. The van der Waals surface area contributed by atoms with Crippen LogP contribution in [0.3, 0.4) is 0 Å². The van der Waals surface area contributed by atoms with Gasteiger partial charge in [0, 0.05) is 5.75 Å². The molecule has 0 spiro atoms. The first-order chi connectivity index (χ1) is 9.10. The van der Waals surface area contributed by atoms with Crippen molar-refractivity contribution in [2.24, 2.45) is 0 Å². The van der Waals surface area contributed by atoms with Crippen molar-refractivity contribution in [2.75, 3.05) is 0 Å². The summed E-state index contributed by atoms with van der Waals surface area (Å²) >= 11 is 6.72. The average molecular weight is 297 g/mol. The summed E-state index contributed by atoms with van der Waals surface area (Å²) in [6.07, 6.45) is 0. The predicted octanol–water partition coefficient (Wildman–Crippen LogP) is 4.18. The van der Waals surface area contributed by atoms with Gasteiger partial charge in [-0.25, -0.2) is 13.8 Å². The number of hydrogen-bond acceptors (Lipinski definition) is 3. The normalized spacial score (nSPS) is 10.2. The van der Waals surface area contributed by atoms with Gasteiger partial charge in [0.2, 0.25) is 0 Å². The van der Waals surface area contributed by atoms with E-state index in [2.05, 4.69) is 4.98 Å². The largest absolute Gasteiger partial charge is 0.227 e. The third-order valence-corrected chi connectivity index (χ3v) is 3.55. The lowest BCUT2D eigenvalue weighted by Gasteiger charge is -2.04. The van der Waals surface area contributed by atoms with Gasteiger partial charge >= 0.3 is 0 Å². The van der Waals surface area contributed by atoms with E-state index in [0.29, 0.717) is 5.56 Å². The Balaban J connectivity index is 2.15. The molecule has 6 heteroatoms. The average Bonchev–Trinajstić information content (AvgIpc) is 2.40. The Morgan fingerprint density at radius 2 is 2.00 bits per heavy atom. The van der Waals surface area contributed by atoms with Crippen LogP contribution >= 0.6 is 23.4 Å². The number of aromatic nitrogens is 1. The van der Waals surface area contributed by atoms with E-state index in [1.807, 2.05) is 6.07 Å². The summed E-state index contributed by atoms with van der Waals surface area (Å²) in [4.78, 5) is 3.83. The first kappa shape index (κ1) is 13.8. The minimum absolute atomic E-state index is 0.122. The molecule has 0 saturated heterocycles. The van der Waals surface area contributed by atoms with E-state index in [0.717, 1.165) is 17.8 Å². The van der Waals surface area contributed by atoms with E-state index in [9.17, 15) is 8.78 Å². The molecule has 0 fully saturated rings. The van der Waals surface area contributed by atoms with Crippen LogP contribution in [0.25, 0.3) is 0 Å². The Morgan fingerprint density at radius 1 is 1.21 bits per heavy atom. The number of nitriles is 1. The number of pyridine rings is 1. The Kier molecular flexibility index (Phi) is 4.35. The first-order valence-electron chi connectivity index (χ1n) is 5.23. The molecule has 2 rings (SSSR count). The second kappa shape index (κ2) is 6.00. The smallest absolute Gasteiger partial charge is 0.155 e. The summed E-state index contributed by atoms with van der Waals surface area (Å²) in [5.74, 6) is -0.778. The van der Waals surface area contributed by atoms with Crippen molar-refractivity contribution >= 4 is 23.4 Å². The van der Waals surface area contributed by atoms with E-state index >= 15 is 0 Å². The summed E-state index contributed by atoms with van der Waals surface area (Å²) in [7, 11) is 0. The van der Waals surface area contributed by atoms with Crippen molar-refractivity contribution in [1.29, 1.82) is 5.26 Å². The van der Waals surface area contributed by atoms with Crippen LogP contribution in [0.5, 0.6) is 0 Å². The molecular formula is C13H7ClF2N2S. The first-order valence-corrected chi connectivity index (χ1v) is 6.60. The minimum Gasteiger partial charge on any atom is -0.227 e. The Hall–Kier alpha value is -1.64. The monoisotopic (exact) mass is 296 g/mol. The van der Waals surface area contributed by atoms with Gasteiger partial charge in [-0.05, 0) is 29.8 Å². The van der Waals surface area contributed by atoms with Crippen molar-refractivity contribution in [3.05, 3.63) is 58.2 Å². The van der Waals surface area contributed by atoms with Gasteiger partial charge in [-0.2, -0.15) is 5.26 Å². The number of benzene rings is 1. The van der Waals surface area contributed by atoms with Crippen LogP contribution < -0.4 is 0 Å². The van der Waals surface area contributed by atoms with Gasteiger partial charge < -0.3 is 0 Å². The summed E-state index contributed by atoms with van der Waals surface area (Å²) in [5.41, 5.74) is 0.628. The molecule has 0 unspecified atom stereocenters. The molecule has 0 N–H and O–H groups in total. The minimum atomic E-state index is -0.497. The van der Waals surface area contributed by atoms with E-state index < -0.39 is 11.6 Å². The zero-order chi connectivity index (χ0) is 13.8. The topological polar surface area (TPSA) is 36.7 Å². The Labute approximate surface area is 118 Å². The summed E-state index contributed by atoms with van der Waals surface area (Å²) in [6, 6.07) is 8.58. The SMILES string of the molecule is N#Cc1ccc(CSc2nc(Cl)ccc2F)c(F)c1. The van der Waals surface area contributed by atoms with E-state index in [4.69, 9.17) is 16.9 Å². The molecule has 0 aliphatic heterocycles. The van der Waals surface area contributed by atoms with Crippen LogP contribution in [0.15, 0.2) is 35.4 Å². The highest BCUT2D eigenvalue weighted by Crippen LogP contribution is 2.26. The van der Waals surface area contributed by atoms with Gasteiger partial charge in [0.25, 0.3) is 0 Å². The second-order valence-electron chi connectivity index (χ2n) is 3.63. The molecule has 1 heterocycles. The van der Waals surface area contributed by atoms with Crippen LogP contribution in [0, 0.1) is 23.0 Å². The fourth-order valence-corrected chi connectivity index (χ4v) is 2.47. The lowest BCUT2D eigenvalue weighted by molar-refractivity contribution is 0.587. The molecule has 0 saturated carbocycles. The number of hydrogen-bond donors (Lipinski definition) is 0. The molecule has 1 aromatic heterocycles. The zero-order valence-corrected chi connectivity index (χ0v) is 11.1. The van der Waals surface area contributed by atoms with Gasteiger partial charge in [0.15, 0.2) is 5.82 Å². The fraction of sp³-hybridized carbons (Fsp3) is 0.0769. The van der Waals surface area contributed by atoms with Crippen molar-refractivity contribution in [3.63, 3.8) is 0 Å². The highest BCUT2D eigenvalue weighted by molar-refractivity contribution is 7.98. The van der Waals surface area contributed by atoms with E-state index in [1.54, 1.807) is 0 Å². The number of rotatable bonds is 3. The molecular weight excluding hydrogens is 290 g/mol. The maximum atomic E-state index is 13.6. The fourth-order valence-electron chi connectivity index (χ4n) is 1.38. The molecule has 1 aromatic carbocycles. The number of thioether (sulfide) groups is 1. The molecule has 0 aliphatic carbocycles. The predicted molar refractivity (Wildman–Crippen MR) is 69.9 cm³/mol. The van der Waals surface area contributed by atoms with E-state index in [-0.39, 0.29) is 21.5 Å². The molecule has 0 bridgehead atoms. The molecule has 0 amide bonds. The van der Waals surface area contributed by atoms with Gasteiger partial charge in [-0.15, -0.1) is 0 Å². The summed E-state index contributed by atoms with van der Waals surface area (Å²) in [6.45, 7) is 0. The van der Waals surface area contributed by atoms with Crippen molar-refractivity contribution in [2.45, 2.75) is 10.8 Å². The summed E-state index contributed by atoms with van der Waals surface area (Å²) < 4.78 is 27.0. The second-order valence-corrected chi connectivity index (χ2v) is 4.98. The van der Waals surface area contributed by atoms with Gasteiger partial charge in [0.05, 0.1) is 11.6 Å². The van der Waals surface area contributed by atoms with Gasteiger partial charge in [0.1, 0.15) is 16.0 Å². The van der Waals surface area contributed by atoms with Crippen LogP contribution in [0.2, 0.25) is 5.15 Å². The highest BCUT2D eigenvalue weighted by atomic mass is 35.5. The zero-order valence-electron chi connectivity index (χ0n) is 9.53. The van der Waals surface area contributed by atoms with Crippen LogP contribution in [-0.4, -0.2) is 4.98 Å². The van der Waals surface area contributed by atoms with Crippen LogP contribution in [0.1, 0.15) is 11.1 Å². The molecule has 2 nitrogen and oxygen atoms in total. The van der Waals surface area contributed by atoms with Crippen molar-refractivity contribution in [1.82, 2.24) is 4.98 Å². The van der Waals surface area contributed by atoms with Crippen molar-refractivity contribution < 1.29 is 8.78 Å². The summed E-state index contributed by atoms with van der Waals surface area (Å²) in [5, 5.41) is 8.94. The number of halogens is 3. The quantitative estimate of drug-likeness (QED) is 0.630. The van der Waals surface area contributed by atoms with Crippen molar-refractivity contribution in [3.8, 4) is 6.07 Å². The molecule has 96 valence electrons. The van der Waals surface area contributed by atoms with Crippen LogP contribution in [-0.2, 0) is 5.75 Å². The molecule has 2 aromatic rings. The highest BCUT2D eigenvalue weighted by Gasteiger charge is 2.09. The number of nitrogens with zero attached hydrogens (tertiary/aromatic N) is 2. The van der Waals surface area contributed by atoms with Gasteiger partial charge in [-0.3, -0.25) is 0 Å². The van der Waals surface area contributed by atoms with E-state index in [1.165, 1.54) is 24.3 Å². The lowest BCUT2D eigenvalue weighted by Crippen LogP contribution is -1.92. The maximum Gasteiger partial charge on any atom is 0.155 e. The third kappa shape index (κ3) is 3.43. The standard InChI is InChI=1S/C13H7ClF2N2S/c14-12-4-3-10(15)13(18-12)19-7-9-2-1-8(6-17)5-11(9)16/h1-5H,7H2. The molecule has 0 radical (unpaired) electrons. The Bertz CT molecular complexity index is 656. The molecule has 0 atom stereocenters. The molecule has 0 aliphatic rings. The maximum absolute atomic E-state index is 13.6. The van der Waals surface area contributed by atoms with Gasteiger partial charge in [-0.1, -0.05) is 29.4 Å². The third-order valence-electron chi connectivity index (χ3n) is 2.33. The Morgan fingerprint density at radius 3 is 2.68 bits per heavy atom.